The Morgan fingerprint density at radius 1 is 1.20 bits per heavy atom. The Morgan fingerprint density at radius 3 is 2.60 bits per heavy atom. The number of nitrogens with zero attached hydrogens (tertiary/aromatic N) is 2. The largest absolute Gasteiger partial charge is 0.573 e. The number of nitro groups is 1. The van der Waals surface area contributed by atoms with Crippen LogP contribution < -0.4 is 9.47 Å². The molecule has 2 aromatic carbocycles. The summed E-state index contributed by atoms with van der Waals surface area (Å²) in [5.41, 5.74) is -1.06. The number of para-hydroxylation sites is 2. The third-order valence-electron chi connectivity index (χ3n) is 4.44. The van der Waals surface area contributed by atoms with E-state index in [2.05, 4.69) is 9.73 Å². The predicted molar refractivity (Wildman–Crippen MR) is 100 cm³/mol. The van der Waals surface area contributed by atoms with Crippen molar-refractivity contribution in [2.24, 2.45) is 4.99 Å². The van der Waals surface area contributed by atoms with Crippen LogP contribution in [0, 0.1) is 10.1 Å². The second-order valence-electron chi connectivity index (χ2n) is 6.33. The van der Waals surface area contributed by atoms with E-state index in [0.717, 1.165) is 6.07 Å². The summed E-state index contributed by atoms with van der Waals surface area (Å²) in [6.45, 7) is 1.75. The minimum absolute atomic E-state index is 0.0251. The number of esters is 1. The predicted octanol–water partition coefficient (Wildman–Crippen LogP) is 4.72. The molecule has 1 unspecified atom stereocenters. The average molecular weight is 420 g/mol. The molecule has 0 aliphatic carbocycles. The quantitative estimate of drug-likeness (QED) is 0.292. The van der Waals surface area contributed by atoms with Crippen molar-refractivity contribution in [2.75, 3.05) is 0 Å². The Morgan fingerprint density at radius 2 is 1.93 bits per heavy atom. The molecule has 2 aromatic rings. The number of halogens is 3. The Bertz CT molecular complexity index is 1050. The minimum Gasteiger partial charge on any atom is -0.416 e. The molecule has 1 heterocycles. The van der Waals surface area contributed by atoms with Crippen molar-refractivity contribution in [1.82, 2.24) is 0 Å². The molecule has 0 aromatic heterocycles. The monoisotopic (exact) mass is 420 g/mol. The van der Waals surface area contributed by atoms with Gasteiger partial charge in [-0.3, -0.25) is 15.1 Å². The lowest BCUT2D eigenvalue weighted by atomic mass is 9.87. The van der Waals surface area contributed by atoms with Crippen LogP contribution in [0.1, 0.15) is 18.9 Å². The summed E-state index contributed by atoms with van der Waals surface area (Å²) in [7, 11) is 0. The number of hydrogen-bond donors (Lipinski definition) is 0. The standard InChI is InChI=1S/C20H15F3N2O5/c1-2-19(14-6-5-7-15(10-14)30-20(21,22)23)11-13(12-24-19)18(26)29-17-9-4-3-8-16(17)25(27)28/h3-12H,2H2,1H3. The molecule has 30 heavy (non-hydrogen) atoms. The lowest BCUT2D eigenvalue weighted by Crippen LogP contribution is -2.20. The van der Waals surface area contributed by atoms with Crippen molar-refractivity contribution in [3.05, 3.63) is 75.9 Å². The summed E-state index contributed by atoms with van der Waals surface area (Å²) >= 11 is 0. The van der Waals surface area contributed by atoms with Crippen LogP contribution in [0.3, 0.4) is 0 Å². The SMILES string of the molecule is CCC1(c2cccc(OC(F)(F)F)c2)C=C(C(=O)Oc2ccccc2[N+](=O)[O-])C=N1. The van der Waals surface area contributed by atoms with E-state index in [4.69, 9.17) is 4.74 Å². The zero-order valence-corrected chi connectivity index (χ0v) is 15.6. The topological polar surface area (TPSA) is 91.0 Å². The molecule has 0 radical (unpaired) electrons. The highest BCUT2D eigenvalue weighted by atomic mass is 19.4. The van der Waals surface area contributed by atoms with Crippen molar-refractivity contribution in [3.63, 3.8) is 0 Å². The zero-order chi connectivity index (χ0) is 21.9. The lowest BCUT2D eigenvalue weighted by molar-refractivity contribution is -0.385. The number of rotatable bonds is 6. The maximum atomic E-state index is 12.5. The molecule has 1 aliphatic heterocycles. The molecule has 3 rings (SSSR count). The highest BCUT2D eigenvalue weighted by Gasteiger charge is 2.35. The number of hydrogen-bond acceptors (Lipinski definition) is 6. The van der Waals surface area contributed by atoms with E-state index < -0.39 is 28.5 Å². The van der Waals surface area contributed by atoms with E-state index in [1.807, 2.05) is 0 Å². The normalized spacial score (nSPS) is 18.1. The molecule has 0 bridgehead atoms. The number of nitro benzene ring substituents is 1. The van der Waals surface area contributed by atoms with Crippen molar-refractivity contribution in [2.45, 2.75) is 25.2 Å². The van der Waals surface area contributed by atoms with E-state index in [9.17, 15) is 28.1 Å². The molecule has 1 atom stereocenters. The number of ether oxygens (including phenoxy) is 2. The number of aliphatic imine (C=N–C) groups is 1. The van der Waals surface area contributed by atoms with Crippen LogP contribution in [-0.2, 0) is 10.3 Å². The minimum atomic E-state index is -4.84. The lowest BCUT2D eigenvalue weighted by Gasteiger charge is -2.23. The molecule has 0 N–H and O–H groups in total. The van der Waals surface area contributed by atoms with Crippen LogP contribution in [0.25, 0.3) is 0 Å². The van der Waals surface area contributed by atoms with Gasteiger partial charge in [0, 0.05) is 12.3 Å². The van der Waals surface area contributed by atoms with Gasteiger partial charge in [-0.25, -0.2) is 4.79 Å². The van der Waals surface area contributed by atoms with Crippen LogP contribution in [0.15, 0.2) is 65.2 Å². The van der Waals surface area contributed by atoms with Gasteiger partial charge in [0.1, 0.15) is 11.3 Å². The van der Waals surface area contributed by atoms with Gasteiger partial charge >= 0.3 is 18.0 Å². The molecule has 7 nitrogen and oxygen atoms in total. The van der Waals surface area contributed by atoms with Crippen LogP contribution in [0.2, 0.25) is 0 Å². The van der Waals surface area contributed by atoms with Crippen molar-refractivity contribution >= 4 is 17.9 Å². The van der Waals surface area contributed by atoms with Crippen molar-refractivity contribution in [3.8, 4) is 11.5 Å². The second kappa shape index (κ2) is 7.97. The zero-order valence-electron chi connectivity index (χ0n) is 15.6. The molecule has 0 saturated heterocycles. The van der Waals surface area contributed by atoms with Gasteiger partial charge in [0.15, 0.2) is 0 Å². The van der Waals surface area contributed by atoms with E-state index in [0.29, 0.717) is 12.0 Å². The Labute approximate surface area is 168 Å². The number of alkyl halides is 3. The molecule has 0 saturated carbocycles. The number of carbonyl (C=O) groups is 1. The molecular formula is C20H15F3N2O5. The van der Waals surface area contributed by atoms with Gasteiger partial charge in [-0.15, -0.1) is 13.2 Å². The number of benzene rings is 2. The summed E-state index contributed by atoms with van der Waals surface area (Å²) < 4.78 is 46.6. The highest BCUT2D eigenvalue weighted by molar-refractivity contribution is 6.12. The van der Waals surface area contributed by atoms with E-state index >= 15 is 0 Å². The Hall–Kier alpha value is -3.69. The molecular weight excluding hydrogens is 405 g/mol. The first-order chi connectivity index (χ1) is 14.1. The maximum absolute atomic E-state index is 12.5. The van der Waals surface area contributed by atoms with Gasteiger partial charge in [0.2, 0.25) is 5.75 Å². The van der Waals surface area contributed by atoms with Gasteiger partial charge in [0.05, 0.1) is 10.5 Å². The van der Waals surface area contributed by atoms with E-state index in [1.165, 1.54) is 48.7 Å². The van der Waals surface area contributed by atoms with Gasteiger partial charge in [-0.05, 0) is 36.3 Å². The molecule has 156 valence electrons. The Kier molecular flexibility index (Phi) is 5.59. The second-order valence-corrected chi connectivity index (χ2v) is 6.33. The van der Waals surface area contributed by atoms with Crippen molar-refractivity contribution in [1.29, 1.82) is 0 Å². The van der Waals surface area contributed by atoms with Gasteiger partial charge < -0.3 is 9.47 Å². The summed E-state index contributed by atoms with van der Waals surface area (Å²) in [5, 5.41) is 11.1. The maximum Gasteiger partial charge on any atom is 0.573 e. The van der Waals surface area contributed by atoms with Crippen LogP contribution in [0.5, 0.6) is 11.5 Å². The molecule has 0 spiro atoms. The highest BCUT2D eigenvalue weighted by Crippen LogP contribution is 2.38. The fourth-order valence-corrected chi connectivity index (χ4v) is 3.00. The summed E-state index contributed by atoms with van der Waals surface area (Å²) in [6.07, 6.45) is -1.82. The smallest absolute Gasteiger partial charge is 0.416 e. The summed E-state index contributed by atoms with van der Waals surface area (Å²) in [4.78, 5) is 27.2. The van der Waals surface area contributed by atoms with Crippen molar-refractivity contribution < 1.29 is 32.4 Å². The molecule has 10 heteroatoms. The van der Waals surface area contributed by atoms with E-state index in [1.54, 1.807) is 13.0 Å². The Balaban J connectivity index is 1.88. The average Bonchev–Trinajstić information content (AvgIpc) is 3.13. The third kappa shape index (κ3) is 4.48. The first-order valence-electron chi connectivity index (χ1n) is 8.73. The molecule has 1 aliphatic rings. The molecule has 0 fully saturated rings. The number of carbonyl (C=O) groups excluding carboxylic acids is 1. The van der Waals surface area contributed by atoms with Crippen LogP contribution >= 0.6 is 0 Å². The fraction of sp³-hybridized carbons (Fsp3) is 0.200. The summed E-state index contributed by atoms with van der Waals surface area (Å²) in [6, 6.07) is 10.7. The van der Waals surface area contributed by atoms with Crippen LogP contribution in [-0.4, -0.2) is 23.5 Å². The first kappa shape index (κ1) is 21.0. The fourth-order valence-electron chi connectivity index (χ4n) is 3.00. The van der Waals surface area contributed by atoms with Crippen LogP contribution in [0.4, 0.5) is 18.9 Å². The first-order valence-corrected chi connectivity index (χ1v) is 8.73. The van der Waals surface area contributed by atoms with Gasteiger partial charge in [0.25, 0.3) is 0 Å². The van der Waals surface area contributed by atoms with Gasteiger partial charge in [-0.1, -0.05) is 31.2 Å². The van der Waals surface area contributed by atoms with Gasteiger partial charge in [-0.2, -0.15) is 0 Å². The third-order valence-corrected chi connectivity index (χ3v) is 4.44. The van der Waals surface area contributed by atoms with E-state index in [-0.39, 0.29) is 17.0 Å². The molecule has 0 amide bonds. The summed E-state index contributed by atoms with van der Waals surface area (Å²) in [5.74, 6) is -1.50.